The van der Waals surface area contributed by atoms with E-state index < -0.39 is 0 Å². The zero-order valence-electron chi connectivity index (χ0n) is 32.1. The number of hydrogen-bond acceptors (Lipinski definition) is 2. The maximum Gasteiger partial charge on any atom is 0.0620 e. The topological polar surface area (TPSA) is 7.65 Å². The highest BCUT2D eigenvalue weighted by Gasteiger charge is 2.35. The molecule has 0 unspecified atom stereocenters. The van der Waals surface area contributed by atoms with E-state index in [1.54, 1.807) is 0 Å². The molecule has 1 aliphatic carbocycles. The van der Waals surface area contributed by atoms with E-state index in [0.29, 0.717) is 0 Å². The molecule has 0 fully saturated rings. The second kappa shape index (κ2) is 11.6. The van der Waals surface area contributed by atoms with Gasteiger partial charge in [-0.1, -0.05) is 129 Å². The number of anilines is 3. The molecular formula is C55H36N2S. The molecule has 0 aliphatic heterocycles. The SMILES string of the molecule is CC1(C)c2ccccc2-c2ccc(N(c3ccccc3)c3cccc(-c4ccc5sc6ccc7ccc8c(c9cccc%10c%11ccccc%11n8c%109)c7c6c5c4)c3)cc21. The van der Waals surface area contributed by atoms with Crippen LogP contribution < -0.4 is 4.90 Å². The van der Waals surface area contributed by atoms with Crippen LogP contribution in [0.3, 0.4) is 0 Å². The van der Waals surface area contributed by atoms with Gasteiger partial charge in [0.25, 0.3) is 0 Å². The van der Waals surface area contributed by atoms with E-state index >= 15 is 0 Å². The molecule has 0 atom stereocenters. The van der Waals surface area contributed by atoms with E-state index in [1.807, 2.05) is 11.3 Å². The van der Waals surface area contributed by atoms with Crippen molar-refractivity contribution in [1.29, 1.82) is 0 Å². The van der Waals surface area contributed by atoms with Gasteiger partial charge in [0.1, 0.15) is 0 Å². The minimum Gasteiger partial charge on any atom is -0.310 e. The molecule has 58 heavy (non-hydrogen) atoms. The van der Waals surface area contributed by atoms with Crippen molar-refractivity contribution in [2.75, 3.05) is 4.90 Å². The third-order valence-corrected chi connectivity index (χ3v) is 14.2. The summed E-state index contributed by atoms with van der Waals surface area (Å²) in [5, 5.41) is 10.6. The summed E-state index contributed by atoms with van der Waals surface area (Å²) >= 11 is 1.90. The van der Waals surface area contributed by atoms with Gasteiger partial charge in [0.15, 0.2) is 0 Å². The average molecular weight is 757 g/mol. The second-order valence-electron chi connectivity index (χ2n) is 16.5. The summed E-state index contributed by atoms with van der Waals surface area (Å²) in [6.45, 7) is 4.72. The smallest absolute Gasteiger partial charge is 0.0620 e. The van der Waals surface area contributed by atoms with Gasteiger partial charge in [-0.2, -0.15) is 0 Å². The molecule has 2 nitrogen and oxygen atoms in total. The molecule has 0 spiro atoms. The number of aromatic nitrogens is 1. The van der Waals surface area contributed by atoms with Gasteiger partial charge >= 0.3 is 0 Å². The van der Waals surface area contributed by atoms with Crippen molar-refractivity contribution < 1.29 is 0 Å². The molecule has 12 aromatic rings. The van der Waals surface area contributed by atoms with Gasteiger partial charge in [0, 0.05) is 69.6 Å². The lowest BCUT2D eigenvalue weighted by Crippen LogP contribution is -2.16. The maximum atomic E-state index is 2.50. The molecule has 13 rings (SSSR count). The summed E-state index contributed by atoms with van der Waals surface area (Å²) in [5.74, 6) is 0. The first-order valence-electron chi connectivity index (χ1n) is 20.2. The van der Waals surface area contributed by atoms with Crippen LogP contribution in [0.4, 0.5) is 17.1 Å². The third-order valence-electron chi connectivity index (χ3n) is 13.1. The Morgan fingerprint density at radius 2 is 1.14 bits per heavy atom. The van der Waals surface area contributed by atoms with Crippen LogP contribution in [0.2, 0.25) is 0 Å². The molecule has 0 bridgehead atoms. The highest BCUT2D eigenvalue weighted by molar-refractivity contribution is 7.26. The molecule has 3 heterocycles. The largest absolute Gasteiger partial charge is 0.310 e. The van der Waals surface area contributed by atoms with E-state index in [2.05, 4.69) is 205 Å². The lowest BCUT2D eigenvalue weighted by atomic mass is 9.82. The van der Waals surface area contributed by atoms with Crippen LogP contribution in [0.15, 0.2) is 182 Å². The predicted molar refractivity (Wildman–Crippen MR) is 249 cm³/mol. The zero-order valence-corrected chi connectivity index (χ0v) is 32.9. The lowest BCUT2D eigenvalue weighted by molar-refractivity contribution is 0.660. The number of hydrogen-bond donors (Lipinski definition) is 0. The Morgan fingerprint density at radius 1 is 0.431 bits per heavy atom. The monoisotopic (exact) mass is 756 g/mol. The molecule has 0 saturated heterocycles. The molecule has 0 saturated carbocycles. The van der Waals surface area contributed by atoms with Crippen molar-refractivity contribution in [2.24, 2.45) is 0 Å². The van der Waals surface area contributed by atoms with Gasteiger partial charge in [0.2, 0.25) is 0 Å². The number of thiophene rings is 1. The highest BCUT2D eigenvalue weighted by Crippen LogP contribution is 2.51. The highest BCUT2D eigenvalue weighted by atomic mass is 32.1. The normalized spacial score (nSPS) is 13.5. The lowest BCUT2D eigenvalue weighted by Gasteiger charge is -2.28. The minimum absolute atomic E-state index is 0.0841. The molecular weight excluding hydrogens is 721 g/mol. The van der Waals surface area contributed by atoms with Crippen LogP contribution in [-0.4, -0.2) is 4.40 Å². The minimum atomic E-state index is -0.0841. The number of para-hydroxylation sites is 3. The number of nitrogens with zero attached hydrogens (tertiary/aromatic N) is 2. The van der Waals surface area contributed by atoms with Crippen molar-refractivity contribution in [1.82, 2.24) is 4.40 Å². The van der Waals surface area contributed by atoms with E-state index in [9.17, 15) is 0 Å². The maximum absolute atomic E-state index is 2.50. The van der Waals surface area contributed by atoms with Crippen molar-refractivity contribution in [2.45, 2.75) is 19.3 Å². The van der Waals surface area contributed by atoms with Crippen molar-refractivity contribution >= 4 is 97.4 Å². The molecule has 3 heteroatoms. The van der Waals surface area contributed by atoms with Crippen LogP contribution in [0.1, 0.15) is 25.0 Å². The Bertz CT molecular complexity index is 3660. The Balaban J connectivity index is 1.00. The summed E-state index contributed by atoms with van der Waals surface area (Å²) in [6.07, 6.45) is 0. The Hall–Kier alpha value is -6.94. The summed E-state index contributed by atoms with van der Waals surface area (Å²) < 4.78 is 5.14. The van der Waals surface area contributed by atoms with Crippen molar-refractivity contribution in [3.05, 3.63) is 193 Å². The second-order valence-corrected chi connectivity index (χ2v) is 17.6. The molecule has 0 amide bonds. The zero-order chi connectivity index (χ0) is 38.3. The Labute approximate surface area is 339 Å². The Kier molecular flexibility index (Phi) is 6.42. The molecule has 272 valence electrons. The average Bonchev–Trinajstić information content (AvgIpc) is 3.99. The predicted octanol–water partition coefficient (Wildman–Crippen LogP) is 15.8. The van der Waals surface area contributed by atoms with Crippen molar-refractivity contribution in [3.63, 3.8) is 0 Å². The quantitative estimate of drug-likeness (QED) is 0.174. The van der Waals surface area contributed by atoms with Gasteiger partial charge in [-0.25, -0.2) is 0 Å². The summed E-state index contributed by atoms with van der Waals surface area (Å²) in [7, 11) is 0. The van der Waals surface area contributed by atoms with Crippen LogP contribution in [0, 0.1) is 0 Å². The number of fused-ring (bicyclic) bond motifs is 15. The van der Waals surface area contributed by atoms with Crippen molar-refractivity contribution in [3.8, 4) is 22.3 Å². The first-order chi connectivity index (χ1) is 28.5. The van der Waals surface area contributed by atoms with E-state index in [0.717, 1.165) is 17.1 Å². The van der Waals surface area contributed by atoms with E-state index in [1.165, 1.54) is 102 Å². The van der Waals surface area contributed by atoms with Gasteiger partial charge in [-0.05, 0) is 105 Å². The fourth-order valence-corrected chi connectivity index (χ4v) is 11.6. The molecule has 0 radical (unpaired) electrons. The van der Waals surface area contributed by atoms with Crippen LogP contribution in [-0.2, 0) is 5.41 Å². The van der Waals surface area contributed by atoms with Gasteiger partial charge < -0.3 is 9.30 Å². The summed E-state index contributed by atoms with van der Waals surface area (Å²) in [5.41, 5.74) is 15.1. The first kappa shape index (κ1) is 32.2. The Morgan fingerprint density at radius 3 is 2.07 bits per heavy atom. The van der Waals surface area contributed by atoms with E-state index in [-0.39, 0.29) is 5.41 Å². The number of rotatable bonds is 4. The van der Waals surface area contributed by atoms with E-state index in [4.69, 9.17) is 0 Å². The summed E-state index contributed by atoms with van der Waals surface area (Å²) in [4.78, 5) is 2.41. The molecule has 0 N–H and O–H groups in total. The van der Waals surface area contributed by atoms with Gasteiger partial charge in [-0.15, -0.1) is 11.3 Å². The fraction of sp³-hybridized carbons (Fsp3) is 0.0545. The van der Waals surface area contributed by atoms with Crippen LogP contribution in [0.5, 0.6) is 0 Å². The standard InChI is InChI=1S/C55H36N2S/c1-55(2)45-20-8-6-16-39(45)40-26-25-38(32-46(40)55)56(36-13-4-3-5-14-36)37-15-10-12-34(30-37)35-24-28-49-44(31-35)53-50(58-49)29-23-33-22-27-48-52(51(33)53)43-19-11-18-42-41-17-7-9-21-47(41)57(48)54(42)43/h3-32H,1-2H3. The van der Waals surface area contributed by atoms with Crippen LogP contribution in [0.25, 0.3) is 91.3 Å². The first-order valence-corrected chi connectivity index (χ1v) is 21.0. The molecule has 9 aromatic carbocycles. The van der Waals surface area contributed by atoms with Crippen LogP contribution >= 0.6 is 11.3 Å². The third kappa shape index (κ3) is 4.26. The van der Waals surface area contributed by atoms with Gasteiger partial charge in [-0.3, -0.25) is 0 Å². The molecule has 3 aromatic heterocycles. The molecule has 1 aliphatic rings. The number of benzene rings is 9. The fourth-order valence-electron chi connectivity index (χ4n) is 10.5. The summed E-state index contributed by atoms with van der Waals surface area (Å²) in [6, 6.07) is 67.9. The van der Waals surface area contributed by atoms with Gasteiger partial charge in [0.05, 0.1) is 16.6 Å².